The number of hydrogen-bond donors (Lipinski definition) is 0. The normalized spacial score (nSPS) is 11.1. The third kappa shape index (κ3) is 4.32. The third-order valence-corrected chi connectivity index (χ3v) is 6.75. The number of amides is 1. The van der Waals surface area contributed by atoms with E-state index in [-0.39, 0.29) is 17.3 Å². The Morgan fingerprint density at radius 2 is 1.41 bits per heavy atom. The molecule has 3 rings (SSSR count). The van der Waals surface area contributed by atoms with E-state index in [0.29, 0.717) is 11.4 Å². The maximum Gasteiger partial charge on any atom is 0.264 e. The summed E-state index contributed by atoms with van der Waals surface area (Å²) >= 11 is 0. The number of rotatable bonds is 6. The summed E-state index contributed by atoms with van der Waals surface area (Å²) in [5.74, 6) is -0.323. The van der Waals surface area contributed by atoms with Crippen molar-refractivity contribution < 1.29 is 13.2 Å². The van der Waals surface area contributed by atoms with Crippen molar-refractivity contribution in [2.75, 3.05) is 22.8 Å². The zero-order valence-corrected chi connectivity index (χ0v) is 17.6. The molecule has 0 saturated heterocycles. The second kappa shape index (κ2) is 8.49. The molecule has 0 heterocycles. The summed E-state index contributed by atoms with van der Waals surface area (Å²) in [5, 5.41) is 0. The summed E-state index contributed by atoms with van der Waals surface area (Å²) in [5.41, 5.74) is 2.99. The maximum atomic E-state index is 13.4. The summed E-state index contributed by atoms with van der Waals surface area (Å²) < 4.78 is 28.1. The lowest BCUT2D eigenvalue weighted by molar-refractivity contribution is -0.116. The van der Waals surface area contributed by atoms with Crippen LogP contribution in [-0.2, 0) is 14.8 Å². The number of anilines is 2. The Bertz CT molecular complexity index is 1100. The summed E-state index contributed by atoms with van der Waals surface area (Å²) in [6.45, 7) is 3.49. The second-order valence-electron chi connectivity index (χ2n) is 6.83. The highest BCUT2D eigenvalue weighted by atomic mass is 32.2. The van der Waals surface area contributed by atoms with Crippen LogP contribution in [0.2, 0.25) is 0 Å². The van der Waals surface area contributed by atoms with Crippen LogP contribution in [0.3, 0.4) is 0 Å². The van der Waals surface area contributed by atoms with Crippen molar-refractivity contribution in [3.05, 3.63) is 90.0 Å². The minimum atomic E-state index is -3.92. The molecule has 0 radical (unpaired) electrons. The van der Waals surface area contributed by atoms with Crippen molar-refractivity contribution >= 4 is 27.3 Å². The topological polar surface area (TPSA) is 57.7 Å². The number of benzene rings is 3. The molecule has 150 valence electrons. The molecule has 0 fully saturated rings. The second-order valence-corrected chi connectivity index (χ2v) is 8.69. The Balaban J connectivity index is 2.04. The summed E-state index contributed by atoms with van der Waals surface area (Å²) in [6, 6.07) is 22.8. The number of likely N-dealkylation sites (N-methyl/N-ethyl adjacent to an activating group) is 1. The van der Waals surface area contributed by atoms with Crippen LogP contribution in [0.15, 0.2) is 83.8 Å². The van der Waals surface area contributed by atoms with E-state index in [2.05, 4.69) is 0 Å². The standard InChI is InChI=1S/C23H24N2O3S/c1-18-11-10-16-22(19(18)2)25(29(27,28)21-14-8-5-9-15-21)17-23(26)24(3)20-12-6-4-7-13-20/h4-16H,17H2,1-3H3. The number of para-hydroxylation sites is 1. The lowest BCUT2D eigenvalue weighted by Crippen LogP contribution is -2.42. The zero-order valence-electron chi connectivity index (χ0n) is 16.7. The Kier molecular flexibility index (Phi) is 6.03. The molecule has 0 N–H and O–H groups in total. The first kappa shape index (κ1) is 20.6. The number of sulfonamides is 1. The van der Waals surface area contributed by atoms with Gasteiger partial charge in [0.25, 0.3) is 10.0 Å². The highest BCUT2D eigenvalue weighted by Gasteiger charge is 2.29. The minimum absolute atomic E-state index is 0.149. The van der Waals surface area contributed by atoms with E-state index in [1.807, 2.05) is 50.2 Å². The van der Waals surface area contributed by atoms with Gasteiger partial charge < -0.3 is 4.90 Å². The molecule has 29 heavy (non-hydrogen) atoms. The summed E-state index contributed by atoms with van der Waals surface area (Å²) in [6.07, 6.45) is 0. The van der Waals surface area contributed by atoms with Gasteiger partial charge in [0, 0.05) is 12.7 Å². The van der Waals surface area contributed by atoms with Crippen LogP contribution in [0.1, 0.15) is 11.1 Å². The average molecular weight is 409 g/mol. The molecule has 0 aliphatic rings. The van der Waals surface area contributed by atoms with E-state index in [9.17, 15) is 13.2 Å². The summed E-state index contributed by atoms with van der Waals surface area (Å²) in [4.78, 5) is 14.6. The highest BCUT2D eigenvalue weighted by molar-refractivity contribution is 7.92. The van der Waals surface area contributed by atoms with Gasteiger partial charge in [0.15, 0.2) is 0 Å². The highest BCUT2D eigenvalue weighted by Crippen LogP contribution is 2.29. The molecule has 3 aromatic rings. The van der Waals surface area contributed by atoms with Crippen LogP contribution in [0.4, 0.5) is 11.4 Å². The zero-order chi connectivity index (χ0) is 21.0. The first-order valence-corrected chi connectivity index (χ1v) is 10.7. The van der Waals surface area contributed by atoms with Crippen molar-refractivity contribution in [1.29, 1.82) is 0 Å². The van der Waals surface area contributed by atoms with Crippen LogP contribution >= 0.6 is 0 Å². The average Bonchev–Trinajstić information content (AvgIpc) is 2.74. The molecule has 6 heteroatoms. The fraction of sp³-hybridized carbons (Fsp3) is 0.174. The van der Waals surface area contributed by atoms with E-state index in [4.69, 9.17) is 0 Å². The Hall–Kier alpha value is -3.12. The predicted molar refractivity (Wildman–Crippen MR) is 117 cm³/mol. The predicted octanol–water partition coefficient (Wildman–Crippen LogP) is 4.16. The van der Waals surface area contributed by atoms with Crippen LogP contribution in [0.25, 0.3) is 0 Å². The lowest BCUT2D eigenvalue weighted by atomic mass is 10.1. The van der Waals surface area contributed by atoms with Gasteiger partial charge in [-0.05, 0) is 55.3 Å². The number of hydrogen-bond acceptors (Lipinski definition) is 3. The molecule has 0 bridgehead atoms. The van der Waals surface area contributed by atoms with Crippen molar-refractivity contribution in [3.63, 3.8) is 0 Å². The van der Waals surface area contributed by atoms with Crippen LogP contribution in [0.5, 0.6) is 0 Å². The number of aryl methyl sites for hydroxylation is 1. The van der Waals surface area contributed by atoms with E-state index in [1.165, 1.54) is 9.21 Å². The van der Waals surface area contributed by atoms with Crippen molar-refractivity contribution in [1.82, 2.24) is 0 Å². The van der Waals surface area contributed by atoms with Gasteiger partial charge in [-0.3, -0.25) is 9.10 Å². The van der Waals surface area contributed by atoms with Gasteiger partial charge in [-0.15, -0.1) is 0 Å². The largest absolute Gasteiger partial charge is 0.314 e. The van der Waals surface area contributed by atoms with E-state index in [0.717, 1.165) is 11.1 Å². The van der Waals surface area contributed by atoms with Gasteiger partial charge in [0.1, 0.15) is 6.54 Å². The molecule has 3 aromatic carbocycles. The third-order valence-electron chi connectivity index (χ3n) is 4.97. The Morgan fingerprint density at radius 1 is 0.828 bits per heavy atom. The Morgan fingerprint density at radius 3 is 2.03 bits per heavy atom. The van der Waals surface area contributed by atoms with Gasteiger partial charge in [-0.25, -0.2) is 8.42 Å². The smallest absolute Gasteiger partial charge is 0.264 e. The Labute approximate surface area is 172 Å². The molecule has 0 aromatic heterocycles. The van der Waals surface area contributed by atoms with Crippen molar-refractivity contribution in [2.24, 2.45) is 0 Å². The van der Waals surface area contributed by atoms with Crippen LogP contribution in [-0.4, -0.2) is 27.9 Å². The fourth-order valence-electron chi connectivity index (χ4n) is 3.05. The van der Waals surface area contributed by atoms with Gasteiger partial charge in [0.2, 0.25) is 5.91 Å². The van der Waals surface area contributed by atoms with E-state index >= 15 is 0 Å². The molecule has 5 nitrogen and oxygen atoms in total. The molecular weight excluding hydrogens is 384 g/mol. The molecule has 0 spiro atoms. The molecule has 0 unspecified atom stereocenters. The monoisotopic (exact) mass is 408 g/mol. The molecule has 1 amide bonds. The van der Waals surface area contributed by atoms with E-state index in [1.54, 1.807) is 49.5 Å². The molecule has 0 saturated carbocycles. The lowest BCUT2D eigenvalue weighted by Gasteiger charge is -2.28. The van der Waals surface area contributed by atoms with Crippen LogP contribution in [0, 0.1) is 13.8 Å². The maximum absolute atomic E-state index is 13.4. The minimum Gasteiger partial charge on any atom is -0.314 e. The van der Waals surface area contributed by atoms with Crippen LogP contribution < -0.4 is 9.21 Å². The molecule has 0 atom stereocenters. The number of carbonyl (C=O) groups excluding carboxylic acids is 1. The van der Waals surface area contributed by atoms with E-state index < -0.39 is 10.0 Å². The molecule has 0 aliphatic heterocycles. The molecule has 0 aliphatic carbocycles. The van der Waals surface area contributed by atoms with Gasteiger partial charge >= 0.3 is 0 Å². The van der Waals surface area contributed by atoms with Gasteiger partial charge in [-0.2, -0.15) is 0 Å². The van der Waals surface area contributed by atoms with Gasteiger partial charge in [0.05, 0.1) is 10.6 Å². The first-order valence-electron chi connectivity index (χ1n) is 9.28. The fourth-order valence-corrected chi connectivity index (χ4v) is 4.54. The molecular formula is C23H24N2O3S. The van der Waals surface area contributed by atoms with Crippen molar-refractivity contribution in [3.8, 4) is 0 Å². The first-order chi connectivity index (χ1) is 13.8. The quantitative estimate of drug-likeness (QED) is 0.615. The number of nitrogens with zero attached hydrogens (tertiary/aromatic N) is 2. The number of carbonyl (C=O) groups is 1. The van der Waals surface area contributed by atoms with Gasteiger partial charge in [-0.1, -0.05) is 48.5 Å². The summed E-state index contributed by atoms with van der Waals surface area (Å²) in [7, 11) is -2.27. The SMILES string of the molecule is Cc1cccc(N(CC(=O)N(C)c2ccccc2)S(=O)(=O)c2ccccc2)c1C. The van der Waals surface area contributed by atoms with Crippen molar-refractivity contribution in [2.45, 2.75) is 18.7 Å².